The van der Waals surface area contributed by atoms with Gasteiger partial charge in [-0.25, -0.2) is 9.18 Å². The zero-order valence-corrected chi connectivity index (χ0v) is 36.9. The number of benzene rings is 3. The molecule has 6 atom stereocenters. The Morgan fingerprint density at radius 1 is 1.03 bits per heavy atom. The number of oxime groups is 1. The van der Waals surface area contributed by atoms with Crippen molar-refractivity contribution in [2.45, 2.75) is 89.7 Å². The smallest absolute Gasteiger partial charge is 0.416 e. The number of non-ortho nitro benzene ring substituents is 1. The van der Waals surface area contributed by atoms with Crippen molar-refractivity contribution in [3.05, 3.63) is 148 Å². The highest BCUT2D eigenvalue weighted by atomic mass is 19.1. The first-order chi connectivity index (χ1) is 31.6. The van der Waals surface area contributed by atoms with Crippen molar-refractivity contribution < 1.29 is 48.1 Å². The summed E-state index contributed by atoms with van der Waals surface area (Å²) in [6.07, 6.45) is 7.39. The highest BCUT2D eigenvalue weighted by molar-refractivity contribution is 6.03. The Hall–Kier alpha value is -6.16. The van der Waals surface area contributed by atoms with E-state index in [-0.39, 0.29) is 75.2 Å². The Bertz CT molecular complexity index is 2340. The normalized spacial score (nSPS) is 22.4. The summed E-state index contributed by atoms with van der Waals surface area (Å²) in [5.41, 5.74) is 4.38. The van der Waals surface area contributed by atoms with Gasteiger partial charge in [0.15, 0.2) is 0 Å². The van der Waals surface area contributed by atoms with Crippen LogP contribution in [0.1, 0.15) is 80.3 Å². The van der Waals surface area contributed by atoms with Gasteiger partial charge in [-0.3, -0.25) is 20.0 Å². The van der Waals surface area contributed by atoms with Gasteiger partial charge in [0.25, 0.3) is 5.69 Å². The molecule has 1 amide bonds. The lowest BCUT2D eigenvalue weighted by Crippen LogP contribution is -2.70. The van der Waals surface area contributed by atoms with E-state index in [0.29, 0.717) is 35.6 Å². The number of nitro groups is 1. The third-order valence-electron chi connectivity index (χ3n) is 12.4. The first kappa shape index (κ1) is 46.8. The summed E-state index contributed by atoms with van der Waals surface area (Å²) in [7, 11) is 0. The van der Waals surface area contributed by atoms with E-state index in [9.17, 15) is 29.5 Å². The highest BCUT2D eigenvalue weighted by Gasteiger charge is 2.65. The largest absolute Gasteiger partial charge is 0.487 e. The molecule has 7 rings (SSSR count). The van der Waals surface area contributed by atoms with Crippen LogP contribution in [0.4, 0.5) is 14.9 Å². The van der Waals surface area contributed by atoms with Crippen LogP contribution in [0.2, 0.25) is 0 Å². The quantitative estimate of drug-likeness (QED) is 0.0353. The van der Waals surface area contributed by atoms with E-state index < -0.39 is 34.6 Å². The first-order valence-electron chi connectivity index (χ1n) is 22.3. The van der Waals surface area contributed by atoms with Crippen molar-refractivity contribution in [3.63, 3.8) is 0 Å². The Balaban J connectivity index is 1.43. The number of amides is 1. The van der Waals surface area contributed by atoms with Gasteiger partial charge in [-0.2, -0.15) is 0 Å². The van der Waals surface area contributed by atoms with Gasteiger partial charge in [0, 0.05) is 55.5 Å². The predicted octanol–water partition coefficient (Wildman–Crippen LogP) is 9.37. The summed E-state index contributed by atoms with van der Waals surface area (Å²) < 4.78 is 41.2. The van der Waals surface area contributed by atoms with E-state index in [1.165, 1.54) is 41.3 Å². The first-order valence-corrected chi connectivity index (χ1v) is 22.3. The minimum Gasteiger partial charge on any atom is -0.487 e. The maximum atomic E-state index is 14.9. The standard InChI is InChI=1S/C50H57FN4O10/c1-4-27-62-50-46(54(31-34-15-17-36(51)18-16-34)49(58)64-39-21-19-38(20-22-39)55(59)60)30-44(53-63-5-2)42-28-35(12-6-8-25-56)41(14-7-9-26-57)47(48(42)50)43-29-40(23-24-45(43)65-50)61-32-37-13-10-11-33(3)52-37/h4,10-11,13,15-24,28-29,35,41,46-48,56-57H,1,5-9,12,14,25-27,30-32H2,2-3H3. The zero-order valence-electron chi connectivity index (χ0n) is 36.9. The summed E-state index contributed by atoms with van der Waals surface area (Å²) in [5, 5.41) is 36.1. The Kier molecular flexibility index (Phi) is 15.6. The van der Waals surface area contributed by atoms with Crippen LogP contribution in [-0.4, -0.2) is 75.1 Å². The number of hydrogen-bond donors (Lipinski definition) is 2. The van der Waals surface area contributed by atoms with E-state index in [2.05, 4.69) is 17.6 Å². The SMILES string of the molecule is C=CCOC12Oc3ccc(OCc4cccc(C)n4)cc3C3C(CCCCO)C(CCCCO)C=C(C(=NOCC)CC1N(Cc1ccc(F)cc1)C(=O)Oc1ccc([N+](=O)[O-])cc1)C32. The molecule has 2 heterocycles. The number of aryl methyl sites for hydroxylation is 1. The molecule has 15 heteroatoms. The van der Waals surface area contributed by atoms with Crippen LogP contribution in [-0.2, 0) is 22.7 Å². The second kappa shape index (κ2) is 21.7. The molecule has 3 aromatic carbocycles. The number of nitrogens with zero attached hydrogens (tertiary/aromatic N) is 4. The number of fused-ring (bicyclic) bond motifs is 2. The number of pyridine rings is 1. The zero-order chi connectivity index (χ0) is 45.9. The number of aromatic nitrogens is 1. The number of allylic oxidation sites excluding steroid dienone is 1. The van der Waals surface area contributed by atoms with Crippen molar-refractivity contribution in [1.29, 1.82) is 0 Å². The van der Waals surface area contributed by atoms with Gasteiger partial charge in [-0.1, -0.05) is 48.3 Å². The molecule has 3 aliphatic rings. The van der Waals surface area contributed by atoms with Crippen molar-refractivity contribution in [3.8, 4) is 17.2 Å². The van der Waals surface area contributed by atoms with E-state index in [0.717, 1.165) is 48.2 Å². The summed E-state index contributed by atoms with van der Waals surface area (Å²) in [6.45, 7) is 8.33. The summed E-state index contributed by atoms with van der Waals surface area (Å²) in [5.74, 6) is -1.83. The van der Waals surface area contributed by atoms with E-state index in [1.807, 2.05) is 50.2 Å². The van der Waals surface area contributed by atoms with Gasteiger partial charge in [0.2, 0.25) is 5.79 Å². The van der Waals surface area contributed by atoms with Gasteiger partial charge >= 0.3 is 6.09 Å². The number of aliphatic hydroxyl groups excluding tert-OH is 2. The molecular formula is C50H57FN4O10. The average Bonchev–Trinajstić information content (AvgIpc) is 3.30. The Labute approximate surface area is 378 Å². The average molecular weight is 893 g/mol. The number of hydrogen-bond acceptors (Lipinski definition) is 12. The molecule has 65 heavy (non-hydrogen) atoms. The summed E-state index contributed by atoms with van der Waals surface area (Å²) in [6, 6.07) is 21.6. The summed E-state index contributed by atoms with van der Waals surface area (Å²) in [4.78, 5) is 37.8. The van der Waals surface area contributed by atoms with E-state index in [1.54, 1.807) is 18.2 Å². The van der Waals surface area contributed by atoms with Gasteiger partial charge < -0.3 is 34.0 Å². The molecule has 4 aromatic rings. The van der Waals surface area contributed by atoms with Crippen LogP contribution in [0.5, 0.6) is 17.2 Å². The molecule has 0 spiro atoms. The fourth-order valence-corrected chi connectivity index (χ4v) is 9.60. The highest BCUT2D eigenvalue weighted by Crippen LogP contribution is 2.62. The number of carbonyl (C=O) groups excluding carboxylic acids is 1. The van der Waals surface area contributed by atoms with Crippen LogP contribution >= 0.6 is 0 Å². The van der Waals surface area contributed by atoms with Gasteiger partial charge in [0.05, 0.1) is 28.9 Å². The monoisotopic (exact) mass is 892 g/mol. The van der Waals surface area contributed by atoms with Crippen molar-refractivity contribution >= 4 is 17.5 Å². The van der Waals surface area contributed by atoms with E-state index >= 15 is 0 Å². The molecule has 1 aromatic heterocycles. The fourth-order valence-electron chi connectivity index (χ4n) is 9.60. The molecule has 6 unspecified atom stereocenters. The van der Waals surface area contributed by atoms with Gasteiger partial charge in [-0.15, -0.1) is 6.58 Å². The third-order valence-corrected chi connectivity index (χ3v) is 12.4. The van der Waals surface area contributed by atoms with Crippen LogP contribution in [0.15, 0.2) is 114 Å². The molecule has 14 nitrogen and oxygen atoms in total. The number of nitro benzene ring substituents is 1. The molecule has 1 aliphatic heterocycles. The number of carbonyl (C=O) groups is 1. The van der Waals surface area contributed by atoms with Crippen molar-refractivity contribution in [2.75, 3.05) is 26.4 Å². The molecule has 2 N–H and O–H groups in total. The lowest BCUT2D eigenvalue weighted by molar-refractivity contribution is -0.384. The molecule has 1 saturated carbocycles. The number of rotatable bonds is 21. The molecule has 1 fully saturated rings. The molecule has 0 radical (unpaired) electrons. The molecule has 0 bridgehead atoms. The molecule has 344 valence electrons. The van der Waals surface area contributed by atoms with Crippen LogP contribution in [0.25, 0.3) is 0 Å². The van der Waals surface area contributed by atoms with Crippen LogP contribution < -0.4 is 14.2 Å². The van der Waals surface area contributed by atoms with Crippen molar-refractivity contribution in [2.24, 2.45) is 22.9 Å². The third kappa shape index (κ3) is 10.7. The number of unbranched alkanes of at least 4 members (excludes halogenated alkanes) is 2. The topological polar surface area (TPSA) is 175 Å². The second-order valence-corrected chi connectivity index (χ2v) is 16.6. The molecule has 2 aliphatic carbocycles. The minimum atomic E-state index is -1.61. The number of halogens is 1. The predicted molar refractivity (Wildman–Crippen MR) is 241 cm³/mol. The maximum Gasteiger partial charge on any atom is 0.416 e. The lowest BCUT2D eigenvalue weighted by atomic mass is 9.55. The number of aliphatic hydroxyl groups is 2. The molecule has 0 saturated heterocycles. The maximum absolute atomic E-state index is 14.9. The minimum absolute atomic E-state index is 0.00594. The Morgan fingerprint density at radius 2 is 1.77 bits per heavy atom. The van der Waals surface area contributed by atoms with Crippen LogP contribution in [0.3, 0.4) is 0 Å². The van der Waals surface area contributed by atoms with Gasteiger partial charge in [0.1, 0.15) is 42.3 Å². The lowest BCUT2D eigenvalue weighted by Gasteiger charge is -2.59. The fraction of sp³-hybridized carbons (Fsp3) is 0.420. The van der Waals surface area contributed by atoms with E-state index in [4.69, 9.17) is 28.9 Å². The number of ether oxygens (including phenoxy) is 4. The summed E-state index contributed by atoms with van der Waals surface area (Å²) >= 11 is 0. The second-order valence-electron chi connectivity index (χ2n) is 16.6. The molecular weight excluding hydrogens is 836 g/mol. The van der Waals surface area contributed by atoms with Crippen LogP contribution in [0, 0.1) is 40.6 Å². The van der Waals surface area contributed by atoms with Gasteiger partial charge in [-0.05, 0) is 117 Å². The Morgan fingerprint density at radius 3 is 2.46 bits per heavy atom. The van der Waals surface area contributed by atoms with Crippen molar-refractivity contribution in [1.82, 2.24) is 9.88 Å².